The molecule has 1 unspecified atom stereocenters. The molecule has 0 bridgehead atoms. The number of benzene rings is 1. The number of nitrogens with two attached hydrogens (primary N) is 1. The van der Waals surface area contributed by atoms with Crippen molar-refractivity contribution in [2.75, 3.05) is 48.7 Å². The lowest BCUT2D eigenvalue weighted by atomic mass is 9.92. The minimum absolute atomic E-state index is 0.109. The molecule has 3 aliphatic rings. The number of anilines is 3. The summed E-state index contributed by atoms with van der Waals surface area (Å²) in [6, 6.07) is 9.22. The topological polar surface area (TPSA) is 96.6 Å². The van der Waals surface area contributed by atoms with Crippen LogP contribution in [0.25, 0.3) is 5.57 Å². The van der Waals surface area contributed by atoms with Crippen LogP contribution in [0.5, 0.6) is 6.01 Å². The molecule has 2 aromatic rings. The molecular weight excluding hydrogens is 452 g/mol. The molecule has 1 aromatic heterocycles. The van der Waals surface area contributed by atoms with Crippen molar-refractivity contribution in [2.24, 2.45) is 5.92 Å². The molecule has 1 aromatic carbocycles. The number of amides is 1. The van der Waals surface area contributed by atoms with Gasteiger partial charge in [0.15, 0.2) is 11.6 Å². The number of nitrogen functional groups attached to an aromatic ring is 1. The van der Waals surface area contributed by atoms with E-state index in [-0.39, 0.29) is 30.2 Å². The zero-order valence-corrected chi connectivity index (χ0v) is 21.1. The van der Waals surface area contributed by atoms with Crippen LogP contribution in [0.2, 0.25) is 0 Å². The molecule has 8 heteroatoms. The highest BCUT2D eigenvalue weighted by Crippen LogP contribution is 2.35. The van der Waals surface area contributed by atoms with Gasteiger partial charge in [0.1, 0.15) is 5.69 Å². The molecular formula is C28H36N6O2. The van der Waals surface area contributed by atoms with Crippen molar-refractivity contribution in [3.63, 3.8) is 0 Å². The standard InChI is InChI=1S/C28H36N6O2/c1-2-3-16-36-28-31-26(29)25-27(32-28)34(19-24(35)30-25)18-21-8-12-23(13-9-21)22-10-6-20(7-11-22)17-33-14-4-5-15-33/h6-8,10-13,21H,2-5,9,14-19H2,1H3,(H,30,35)(H2,29,31,32). The number of ether oxygens (including phenoxy) is 1. The largest absolute Gasteiger partial charge is 0.463 e. The van der Waals surface area contributed by atoms with Gasteiger partial charge in [0.25, 0.3) is 0 Å². The molecule has 1 saturated heterocycles. The maximum Gasteiger partial charge on any atom is 0.320 e. The number of likely N-dealkylation sites (tertiary alicyclic amines) is 1. The highest BCUT2D eigenvalue weighted by molar-refractivity contribution is 6.03. The number of carbonyl (C=O) groups is 1. The summed E-state index contributed by atoms with van der Waals surface area (Å²) in [5, 5.41) is 2.83. The highest BCUT2D eigenvalue weighted by atomic mass is 16.5. The first-order valence-corrected chi connectivity index (χ1v) is 13.1. The molecule has 0 saturated carbocycles. The average molecular weight is 489 g/mol. The molecule has 190 valence electrons. The van der Waals surface area contributed by atoms with E-state index in [1.807, 2.05) is 4.90 Å². The van der Waals surface area contributed by atoms with Gasteiger partial charge in [-0.15, -0.1) is 0 Å². The number of carbonyl (C=O) groups excluding carboxylic acids is 1. The number of aromatic nitrogens is 2. The number of nitrogens with zero attached hydrogens (tertiary/aromatic N) is 4. The van der Waals surface area contributed by atoms with Gasteiger partial charge < -0.3 is 20.7 Å². The van der Waals surface area contributed by atoms with E-state index in [9.17, 15) is 4.79 Å². The minimum atomic E-state index is -0.109. The number of rotatable bonds is 9. The van der Waals surface area contributed by atoms with Crippen molar-refractivity contribution in [1.82, 2.24) is 14.9 Å². The van der Waals surface area contributed by atoms with Crippen molar-refractivity contribution in [2.45, 2.75) is 45.6 Å². The van der Waals surface area contributed by atoms with E-state index in [0.29, 0.717) is 24.7 Å². The van der Waals surface area contributed by atoms with Crippen LogP contribution >= 0.6 is 0 Å². The van der Waals surface area contributed by atoms with Gasteiger partial charge >= 0.3 is 6.01 Å². The van der Waals surface area contributed by atoms with Crippen molar-refractivity contribution >= 4 is 28.8 Å². The summed E-state index contributed by atoms with van der Waals surface area (Å²) < 4.78 is 5.70. The average Bonchev–Trinajstić information content (AvgIpc) is 3.39. The van der Waals surface area contributed by atoms with Crippen molar-refractivity contribution in [1.29, 1.82) is 0 Å². The summed E-state index contributed by atoms with van der Waals surface area (Å²) >= 11 is 0. The van der Waals surface area contributed by atoms with Crippen LogP contribution in [0.15, 0.2) is 42.5 Å². The SMILES string of the molecule is CCCCOc1nc(N)c2c(n1)N(CC1C=CC(c3ccc(CN4CCCC4)cc3)=CC1)CC(=O)N2. The van der Waals surface area contributed by atoms with E-state index in [1.54, 1.807) is 0 Å². The first-order valence-electron chi connectivity index (χ1n) is 13.1. The van der Waals surface area contributed by atoms with Crippen LogP contribution in [0.3, 0.4) is 0 Å². The number of hydrogen-bond donors (Lipinski definition) is 2. The Kier molecular flexibility index (Phi) is 7.51. The molecule has 0 radical (unpaired) electrons. The number of nitrogens with one attached hydrogen (secondary N) is 1. The number of fused-ring (bicyclic) bond motifs is 1. The highest BCUT2D eigenvalue weighted by Gasteiger charge is 2.29. The van der Waals surface area contributed by atoms with E-state index in [0.717, 1.165) is 25.8 Å². The minimum Gasteiger partial charge on any atom is -0.463 e. The van der Waals surface area contributed by atoms with Gasteiger partial charge in [-0.2, -0.15) is 9.97 Å². The van der Waals surface area contributed by atoms with Gasteiger partial charge in [-0.25, -0.2) is 0 Å². The summed E-state index contributed by atoms with van der Waals surface area (Å²) in [4.78, 5) is 25.7. The molecule has 3 heterocycles. The Hall–Kier alpha value is -3.39. The normalized spacial score (nSPS) is 19.7. The summed E-state index contributed by atoms with van der Waals surface area (Å²) in [5.41, 5.74) is 10.5. The van der Waals surface area contributed by atoms with Crippen molar-refractivity contribution < 1.29 is 9.53 Å². The van der Waals surface area contributed by atoms with Gasteiger partial charge in [0, 0.05) is 13.1 Å². The van der Waals surface area contributed by atoms with Crippen LogP contribution in [-0.2, 0) is 11.3 Å². The lowest BCUT2D eigenvalue weighted by Gasteiger charge is -2.32. The molecule has 1 fully saturated rings. The first-order chi connectivity index (χ1) is 17.6. The van der Waals surface area contributed by atoms with Crippen LogP contribution < -0.4 is 20.7 Å². The lowest BCUT2D eigenvalue weighted by Crippen LogP contribution is -2.41. The predicted octanol–water partition coefficient (Wildman–Crippen LogP) is 4.25. The second-order valence-electron chi connectivity index (χ2n) is 9.92. The van der Waals surface area contributed by atoms with E-state index < -0.39 is 0 Å². The lowest BCUT2D eigenvalue weighted by molar-refractivity contribution is -0.115. The second-order valence-corrected chi connectivity index (χ2v) is 9.92. The number of allylic oxidation sites excluding steroid dienone is 3. The predicted molar refractivity (Wildman–Crippen MR) is 144 cm³/mol. The molecule has 2 aliphatic heterocycles. The first kappa shape index (κ1) is 24.3. The van der Waals surface area contributed by atoms with Crippen LogP contribution in [0.4, 0.5) is 17.3 Å². The van der Waals surface area contributed by atoms with Crippen LogP contribution in [0, 0.1) is 5.92 Å². The maximum atomic E-state index is 12.4. The van der Waals surface area contributed by atoms with Crippen molar-refractivity contribution in [3.8, 4) is 6.01 Å². The fourth-order valence-corrected chi connectivity index (χ4v) is 5.04. The van der Waals surface area contributed by atoms with E-state index in [2.05, 4.69) is 69.6 Å². The molecule has 1 amide bonds. The van der Waals surface area contributed by atoms with E-state index >= 15 is 0 Å². The zero-order chi connectivity index (χ0) is 24.9. The number of hydrogen-bond acceptors (Lipinski definition) is 7. The molecule has 8 nitrogen and oxygen atoms in total. The van der Waals surface area contributed by atoms with Gasteiger partial charge in [0.05, 0.1) is 13.2 Å². The fraction of sp³-hybridized carbons (Fsp3) is 0.464. The van der Waals surface area contributed by atoms with Gasteiger partial charge in [0.2, 0.25) is 5.91 Å². The Labute approximate surface area is 213 Å². The summed E-state index contributed by atoms with van der Waals surface area (Å²) in [7, 11) is 0. The summed E-state index contributed by atoms with van der Waals surface area (Å²) in [6.07, 6.45) is 12.2. The molecule has 36 heavy (non-hydrogen) atoms. The third-order valence-electron chi connectivity index (χ3n) is 7.06. The summed E-state index contributed by atoms with van der Waals surface area (Å²) in [6.45, 7) is 7.02. The Morgan fingerprint density at radius 3 is 2.69 bits per heavy atom. The molecule has 1 atom stereocenters. The molecule has 0 spiro atoms. The van der Waals surface area contributed by atoms with E-state index in [4.69, 9.17) is 10.5 Å². The van der Waals surface area contributed by atoms with Gasteiger partial charge in [-0.3, -0.25) is 9.69 Å². The molecule has 1 aliphatic carbocycles. The number of unbranched alkanes of at least 4 members (excludes halogenated alkanes) is 1. The maximum absolute atomic E-state index is 12.4. The van der Waals surface area contributed by atoms with Gasteiger partial charge in [-0.05, 0) is 61.4 Å². The Morgan fingerprint density at radius 2 is 1.97 bits per heavy atom. The Balaban J connectivity index is 1.23. The van der Waals surface area contributed by atoms with Crippen molar-refractivity contribution in [3.05, 3.63) is 53.6 Å². The van der Waals surface area contributed by atoms with Gasteiger partial charge in [-0.1, -0.05) is 55.8 Å². The van der Waals surface area contributed by atoms with E-state index in [1.165, 1.54) is 42.6 Å². The zero-order valence-electron chi connectivity index (χ0n) is 21.1. The smallest absolute Gasteiger partial charge is 0.320 e. The second kappa shape index (κ2) is 11.1. The Bertz CT molecular complexity index is 1140. The molecule has 5 rings (SSSR count). The third-order valence-corrected chi connectivity index (χ3v) is 7.06. The van der Waals surface area contributed by atoms with Crippen LogP contribution in [0.1, 0.15) is 50.2 Å². The molecule has 3 N–H and O–H groups in total. The fourth-order valence-electron chi connectivity index (χ4n) is 5.04. The monoisotopic (exact) mass is 488 g/mol. The third kappa shape index (κ3) is 5.70. The summed E-state index contributed by atoms with van der Waals surface area (Å²) in [5.74, 6) is 1.02. The quantitative estimate of drug-likeness (QED) is 0.509. The van der Waals surface area contributed by atoms with Crippen LogP contribution in [-0.4, -0.2) is 53.6 Å². The Morgan fingerprint density at radius 1 is 1.17 bits per heavy atom.